The van der Waals surface area contributed by atoms with Crippen LogP contribution in [0, 0.1) is 0 Å². The summed E-state index contributed by atoms with van der Waals surface area (Å²) in [5.41, 5.74) is 6.56. The van der Waals surface area contributed by atoms with Crippen LogP contribution >= 0.6 is 11.8 Å². The standard InChI is InChI=1S/C15H16N4O2S/c1-10-12-13(22-14(10)17-6-3-5-16)15(20)19(9-18-12)8-11-4-2-7-21-11/h3-4,6,9H,1-2,5,7-8,16H2/b6-3-,17-14+. The number of fused-ring (bicyclic) bond motifs is 1. The van der Waals surface area contributed by atoms with Crippen molar-refractivity contribution in [2.45, 2.75) is 17.9 Å². The minimum absolute atomic E-state index is 0.0967. The van der Waals surface area contributed by atoms with E-state index in [1.165, 1.54) is 18.1 Å². The van der Waals surface area contributed by atoms with Gasteiger partial charge >= 0.3 is 0 Å². The topological polar surface area (TPSA) is 82.5 Å². The lowest BCUT2D eigenvalue weighted by atomic mass is 10.2. The molecule has 0 unspecified atom stereocenters. The first-order valence-corrected chi connectivity index (χ1v) is 7.74. The second kappa shape index (κ2) is 6.33. The van der Waals surface area contributed by atoms with Crippen molar-refractivity contribution in [1.82, 2.24) is 9.55 Å². The first kappa shape index (κ1) is 14.8. The molecule has 0 saturated heterocycles. The lowest BCUT2D eigenvalue weighted by Crippen LogP contribution is -2.23. The van der Waals surface area contributed by atoms with Crippen molar-refractivity contribution >= 4 is 22.4 Å². The molecule has 0 atom stereocenters. The van der Waals surface area contributed by atoms with Gasteiger partial charge in [-0.2, -0.15) is 0 Å². The molecule has 2 aliphatic heterocycles. The predicted molar refractivity (Wildman–Crippen MR) is 87.7 cm³/mol. The van der Waals surface area contributed by atoms with E-state index in [0.717, 1.165) is 12.2 Å². The highest BCUT2D eigenvalue weighted by molar-refractivity contribution is 8.15. The van der Waals surface area contributed by atoms with Crippen molar-refractivity contribution < 1.29 is 4.74 Å². The molecule has 2 aliphatic rings. The Morgan fingerprint density at radius 1 is 1.59 bits per heavy atom. The Morgan fingerprint density at radius 2 is 2.45 bits per heavy atom. The molecule has 1 aromatic heterocycles. The smallest absolute Gasteiger partial charge is 0.268 e. The van der Waals surface area contributed by atoms with Crippen LogP contribution in [-0.4, -0.2) is 27.7 Å². The van der Waals surface area contributed by atoms with Crippen molar-refractivity contribution in [2.24, 2.45) is 10.7 Å². The third-order valence-corrected chi connectivity index (χ3v) is 4.39. The molecular weight excluding hydrogens is 300 g/mol. The Kier molecular flexibility index (Phi) is 4.26. The number of allylic oxidation sites excluding steroid dienone is 1. The second-order valence-electron chi connectivity index (χ2n) is 4.80. The van der Waals surface area contributed by atoms with Gasteiger partial charge < -0.3 is 10.5 Å². The fraction of sp³-hybridized carbons (Fsp3) is 0.267. The summed E-state index contributed by atoms with van der Waals surface area (Å²) in [6.07, 6.45) is 7.77. The maximum Gasteiger partial charge on any atom is 0.268 e. The number of aliphatic imine (C=N–C) groups is 1. The van der Waals surface area contributed by atoms with E-state index in [4.69, 9.17) is 10.5 Å². The van der Waals surface area contributed by atoms with Crippen molar-refractivity contribution in [3.63, 3.8) is 0 Å². The van der Waals surface area contributed by atoms with Gasteiger partial charge in [0.25, 0.3) is 5.56 Å². The maximum absolute atomic E-state index is 12.6. The monoisotopic (exact) mass is 316 g/mol. The van der Waals surface area contributed by atoms with Crippen LogP contribution in [0.3, 0.4) is 0 Å². The van der Waals surface area contributed by atoms with E-state index in [2.05, 4.69) is 16.6 Å². The van der Waals surface area contributed by atoms with Gasteiger partial charge in [-0.05, 0) is 6.08 Å². The Hall–Kier alpha value is -2.12. The third kappa shape index (κ3) is 2.77. The average molecular weight is 316 g/mol. The summed E-state index contributed by atoms with van der Waals surface area (Å²) >= 11 is 1.30. The molecule has 0 fully saturated rings. The van der Waals surface area contributed by atoms with Gasteiger partial charge in [0.1, 0.15) is 15.7 Å². The van der Waals surface area contributed by atoms with Gasteiger partial charge in [0.05, 0.1) is 25.2 Å². The molecule has 0 aromatic carbocycles. The molecule has 3 heterocycles. The van der Waals surface area contributed by atoms with E-state index in [-0.39, 0.29) is 5.56 Å². The van der Waals surface area contributed by atoms with Crippen molar-refractivity contribution in [2.75, 3.05) is 13.2 Å². The molecule has 3 rings (SSSR count). The molecule has 0 saturated carbocycles. The van der Waals surface area contributed by atoms with Crippen molar-refractivity contribution in [3.05, 3.63) is 53.1 Å². The zero-order chi connectivity index (χ0) is 15.5. The SMILES string of the molecule is C=C1/C(=N\C=C/CN)Sc2c1ncn(CC1=CCCO1)c2=O. The van der Waals surface area contributed by atoms with Crippen LogP contribution in [0.1, 0.15) is 12.1 Å². The molecule has 0 aliphatic carbocycles. The molecule has 6 nitrogen and oxygen atoms in total. The molecule has 0 bridgehead atoms. The van der Waals surface area contributed by atoms with Gasteiger partial charge in [-0.15, -0.1) is 0 Å². The van der Waals surface area contributed by atoms with E-state index in [0.29, 0.717) is 40.9 Å². The Balaban J connectivity index is 1.90. The van der Waals surface area contributed by atoms with Gasteiger partial charge in [-0.3, -0.25) is 9.36 Å². The highest BCUT2D eigenvalue weighted by Gasteiger charge is 2.27. The Bertz CT molecular complexity index is 761. The predicted octanol–water partition coefficient (Wildman–Crippen LogP) is 1.54. The highest BCUT2D eigenvalue weighted by atomic mass is 32.2. The minimum atomic E-state index is -0.0967. The van der Waals surface area contributed by atoms with Crippen LogP contribution in [-0.2, 0) is 11.3 Å². The first-order valence-electron chi connectivity index (χ1n) is 6.92. The number of nitrogens with zero attached hydrogens (tertiary/aromatic N) is 3. The minimum Gasteiger partial charge on any atom is -0.496 e. The maximum atomic E-state index is 12.6. The van der Waals surface area contributed by atoms with Crippen molar-refractivity contribution in [3.8, 4) is 0 Å². The van der Waals surface area contributed by atoms with Crippen LogP contribution in [0.25, 0.3) is 5.57 Å². The van der Waals surface area contributed by atoms with Crippen molar-refractivity contribution in [1.29, 1.82) is 0 Å². The van der Waals surface area contributed by atoms with E-state index in [9.17, 15) is 4.79 Å². The molecule has 0 amide bonds. The van der Waals surface area contributed by atoms with Crippen LogP contribution in [0.15, 0.2) is 51.7 Å². The number of aromatic nitrogens is 2. The number of ether oxygens (including phenoxy) is 1. The van der Waals surface area contributed by atoms with E-state index >= 15 is 0 Å². The van der Waals surface area contributed by atoms with Crippen LogP contribution in [0.2, 0.25) is 0 Å². The summed E-state index contributed by atoms with van der Waals surface area (Å²) in [6.45, 7) is 5.47. The lowest BCUT2D eigenvalue weighted by molar-refractivity contribution is 0.228. The van der Waals surface area contributed by atoms with Gasteiger partial charge in [-0.1, -0.05) is 24.4 Å². The molecule has 22 heavy (non-hydrogen) atoms. The molecule has 0 spiro atoms. The Labute approximate surface area is 132 Å². The molecule has 1 aromatic rings. The molecule has 114 valence electrons. The zero-order valence-corrected chi connectivity index (χ0v) is 12.8. The summed E-state index contributed by atoms with van der Waals surface area (Å²) in [7, 11) is 0. The molecule has 2 N–H and O–H groups in total. The van der Waals surface area contributed by atoms with E-state index < -0.39 is 0 Å². The molecule has 7 heteroatoms. The molecular formula is C15H16N4O2S. The Morgan fingerprint density at radius 3 is 3.18 bits per heavy atom. The number of hydrogen-bond acceptors (Lipinski definition) is 6. The summed E-state index contributed by atoms with van der Waals surface area (Å²) in [5.74, 6) is 0.811. The zero-order valence-electron chi connectivity index (χ0n) is 12.0. The number of rotatable bonds is 4. The quantitative estimate of drug-likeness (QED) is 0.911. The number of thioether (sulfide) groups is 1. The van der Waals surface area contributed by atoms with Gasteiger partial charge in [0, 0.05) is 24.7 Å². The fourth-order valence-corrected chi connectivity index (χ4v) is 3.19. The van der Waals surface area contributed by atoms with Gasteiger partial charge in [-0.25, -0.2) is 9.98 Å². The second-order valence-corrected chi connectivity index (χ2v) is 5.80. The normalized spacial score (nSPS) is 18.9. The number of hydrogen-bond donors (Lipinski definition) is 1. The summed E-state index contributed by atoms with van der Waals surface area (Å²) in [5, 5.41) is 0.679. The first-order chi connectivity index (χ1) is 10.7. The van der Waals surface area contributed by atoms with Crippen LogP contribution < -0.4 is 11.3 Å². The summed E-state index contributed by atoms with van der Waals surface area (Å²) < 4.78 is 6.99. The average Bonchev–Trinajstić information content (AvgIpc) is 3.12. The molecule has 0 radical (unpaired) electrons. The largest absolute Gasteiger partial charge is 0.496 e. The van der Waals surface area contributed by atoms with Gasteiger partial charge in [0.2, 0.25) is 0 Å². The van der Waals surface area contributed by atoms with E-state index in [1.54, 1.807) is 16.8 Å². The van der Waals surface area contributed by atoms with E-state index in [1.807, 2.05) is 6.08 Å². The highest BCUT2D eigenvalue weighted by Crippen LogP contribution is 2.36. The third-order valence-electron chi connectivity index (χ3n) is 3.28. The lowest BCUT2D eigenvalue weighted by Gasteiger charge is -2.07. The van der Waals surface area contributed by atoms with Crippen LogP contribution in [0.5, 0.6) is 0 Å². The number of nitrogens with two attached hydrogens (primary N) is 1. The van der Waals surface area contributed by atoms with Gasteiger partial charge in [0.15, 0.2) is 0 Å². The van der Waals surface area contributed by atoms with Crippen LogP contribution in [0.4, 0.5) is 0 Å². The summed E-state index contributed by atoms with van der Waals surface area (Å²) in [6, 6.07) is 0. The summed E-state index contributed by atoms with van der Waals surface area (Å²) in [4.78, 5) is 21.7. The fourth-order valence-electron chi connectivity index (χ4n) is 2.18.